The number of benzene rings is 1. The van der Waals surface area contributed by atoms with Gasteiger partial charge in [-0.2, -0.15) is 5.10 Å². The van der Waals surface area contributed by atoms with Gasteiger partial charge in [0.15, 0.2) is 6.04 Å². The van der Waals surface area contributed by atoms with Crippen LogP contribution in [-0.2, 0) is 11.5 Å². The molecule has 25 heavy (non-hydrogen) atoms. The molecule has 2 aliphatic rings. The number of aliphatic hydroxyl groups is 1. The van der Waals surface area contributed by atoms with E-state index in [9.17, 15) is 14.3 Å². The summed E-state index contributed by atoms with van der Waals surface area (Å²) < 4.78 is 14.3. The quantitative estimate of drug-likeness (QED) is 0.896. The molecular formula is C19H22FN3O2. The number of aryl methyl sites for hydroxylation is 1. The van der Waals surface area contributed by atoms with Crippen molar-refractivity contribution >= 4 is 5.91 Å². The summed E-state index contributed by atoms with van der Waals surface area (Å²) in [6.45, 7) is 3.30. The van der Waals surface area contributed by atoms with Crippen molar-refractivity contribution in [1.82, 2.24) is 15.1 Å². The van der Waals surface area contributed by atoms with E-state index in [1.54, 1.807) is 16.8 Å². The lowest BCUT2D eigenvalue weighted by molar-refractivity contribution is -0.123. The third kappa shape index (κ3) is 2.56. The molecule has 0 spiro atoms. The fourth-order valence-corrected chi connectivity index (χ4v) is 3.83. The lowest BCUT2D eigenvalue weighted by Crippen LogP contribution is -2.48. The summed E-state index contributed by atoms with van der Waals surface area (Å²) in [5, 5.41) is 18.4. The number of nitrogens with zero attached hydrogens (tertiary/aromatic N) is 2. The molecule has 132 valence electrons. The Hall–Kier alpha value is -2.21. The van der Waals surface area contributed by atoms with Crippen molar-refractivity contribution in [2.45, 2.75) is 51.0 Å². The van der Waals surface area contributed by atoms with E-state index in [0.29, 0.717) is 17.2 Å². The van der Waals surface area contributed by atoms with E-state index >= 15 is 0 Å². The monoisotopic (exact) mass is 343 g/mol. The van der Waals surface area contributed by atoms with Crippen LogP contribution in [0.4, 0.5) is 4.39 Å². The Balaban J connectivity index is 1.67. The minimum atomic E-state index is -0.812. The molecule has 0 radical (unpaired) electrons. The van der Waals surface area contributed by atoms with Crippen molar-refractivity contribution in [1.29, 1.82) is 0 Å². The molecule has 1 aromatic carbocycles. The third-order valence-corrected chi connectivity index (χ3v) is 5.59. The Labute approximate surface area is 145 Å². The number of amides is 1. The number of aromatic nitrogens is 2. The van der Waals surface area contributed by atoms with E-state index < -0.39 is 24.4 Å². The molecule has 3 unspecified atom stereocenters. The molecule has 2 N–H and O–H groups in total. The molecule has 1 amide bonds. The molecule has 1 saturated heterocycles. The van der Waals surface area contributed by atoms with Crippen LogP contribution >= 0.6 is 0 Å². The van der Waals surface area contributed by atoms with Gasteiger partial charge >= 0.3 is 0 Å². The lowest BCUT2D eigenvalue weighted by atomic mass is 9.89. The maximum Gasteiger partial charge on any atom is 0.248 e. The molecule has 6 heteroatoms. The highest BCUT2D eigenvalue weighted by Gasteiger charge is 2.57. The first-order valence-corrected chi connectivity index (χ1v) is 8.65. The maximum atomic E-state index is 12.7. The summed E-state index contributed by atoms with van der Waals surface area (Å²) in [4.78, 5) is 12.5. The zero-order chi connectivity index (χ0) is 17.8. The molecule has 3 atom stereocenters. The van der Waals surface area contributed by atoms with Gasteiger partial charge in [0, 0.05) is 11.3 Å². The molecule has 2 aromatic rings. The molecule has 5 nitrogen and oxygen atoms in total. The number of carbonyl (C=O) groups excluding carboxylic acids is 1. The molecule has 1 aliphatic carbocycles. The second-order valence-corrected chi connectivity index (χ2v) is 7.38. The van der Waals surface area contributed by atoms with Crippen LogP contribution in [0.2, 0.25) is 0 Å². The van der Waals surface area contributed by atoms with Crippen LogP contribution in [0, 0.1) is 12.8 Å². The summed E-state index contributed by atoms with van der Waals surface area (Å²) >= 11 is 0. The van der Waals surface area contributed by atoms with Crippen molar-refractivity contribution in [2.24, 2.45) is 5.92 Å². The standard InChI is InChI=1S/C19H22FN3O2/c1-11-9-15(13-5-3-12(10-20)4-6-13)22-23(11)16-17(24)19(2,14-7-8-14)21-18(16)25/h3-6,9,14,16-17,24H,7-8,10H2,1-2H3,(H,21,25). The third-order valence-electron chi connectivity index (χ3n) is 5.59. The van der Waals surface area contributed by atoms with Gasteiger partial charge < -0.3 is 10.4 Å². The van der Waals surface area contributed by atoms with E-state index in [0.717, 1.165) is 24.1 Å². The van der Waals surface area contributed by atoms with Gasteiger partial charge in [0.05, 0.1) is 11.2 Å². The average Bonchev–Trinajstić information content (AvgIpc) is 3.35. The van der Waals surface area contributed by atoms with Gasteiger partial charge in [-0.1, -0.05) is 24.3 Å². The number of nitrogens with one attached hydrogen (secondary N) is 1. The first-order chi connectivity index (χ1) is 11.9. The van der Waals surface area contributed by atoms with E-state index in [2.05, 4.69) is 10.4 Å². The van der Waals surface area contributed by atoms with Gasteiger partial charge in [-0.25, -0.2) is 4.39 Å². The van der Waals surface area contributed by atoms with Crippen LogP contribution < -0.4 is 5.32 Å². The van der Waals surface area contributed by atoms with Crippen LogP contribution in [0.1, 0.15) is 37.1 Å². The molecule has 0 bridgehead atoms. The van der Waals surface area contributed by atoms with Crippen LogP contribution in [0.3, 0.4) is 0 Å². The number of carbonyl (C=O) groups is 1. The van der Waals surface area contributed by atoms with Gasteiger partial charge in [0.2, 0.25) is 5.91 Å². The number of alkyl halides is 1. The number of aliphatic hydroxyl groups excluding tert-OH is 1. The first kappa shape index (κ1) is 16.3. The summed E-state index contributed by atoms with van der Waals surface area (Å²) in [7, 11) is 0. The Morgan fingerprint density at radius 1 is 1.36 bits per heavy atom. The highest BCUT2D eigenvalue weighted by atomic mass is 19.1. The molecule has 1 aliphatic heterocycles. The average molecular weight is 343 g/mol. The highest BCUT2D eigenvalue weighted by molar-refractivity contribution is 5.85. The molecule has 1 saturated carbocycles. The molecule has 2 fully saturated rings. The van der Waals surface area contributed by atoms with E-state index in [1.807, 2.05) is 32.0 Å². The van der Waals surface area contributed by atoms with Crippen molar-refractivity contribution in [3.63, 3.8) is 0 Å². The first-order valence-electron chi connectivity index (χ1n) is 8.65. The predicted octanol–water partition coefficient (Wildman–Crippen LogP) is 2.53. The number of hydrogen-bond donors (Lipinski definition) is 2. The van der Waals surface area contributed by atoms with E-state index in [-0.39, 0.29) is 5.91 Å². The SMILES string of the molecule is Cc1cc(-c2ccc(CF)cc2)nn1C1C(=O)NC(C)(C2CC2)C1O. The minimum Gasteiger partial charge on any atom is -0.388 e. The zero-order valence-corrected chi connectivity index (χ0v) is 14.4. The summed E-state index contributed by atoms with van der Waals surface area (Å²) in [5.74, 6) is 0.146. The van der Waals surface area contributed by atoms with Crippen molar-refractivity contribution in [2.75, 3.05) is 0 Å². The second-order valence-electron chi connectivity index (χ2n) is 7.38. The molecule has 2 heterocycles. The van der Waals surface area contributed by atoms with Gasteiger partial charge in [-0.3, -0.25) is 9.48 Å². The largest absolute Gasteiger partial charge is 0.388 e. The van der Waals surface area contributed by atoms with Gasteiger partial charge in [0.25, 0.3) is 0 Å². The molecule has 1 aromatic heterocycles. The van der Waals surface area contributed by atoms with Crippen molar-refractivity contribution in [3.05, 3.63) is 41.6 Å². The van der Waals surface area contributed by atoms with E-state index in [4.69, 9.17) is 0 Å². The fraction of sp³-hybridized carbons (Fsp3) is 0.474. The van der Waals surface area contributed by atoms with Gasteiger partial charge in [0.1, 0.15) is 12.8 Å². The number of rotatable bonds is 4. The predicted molar refractivity (Wildman–Crippen MR) is 91.5 cm³/mol. The van der Waals surface area contributed by atoms with Crippen molar-refractivity contribution in [3.8, 4) is 11.3 Å². The minimum absolute atomic E-state index is 0.188. The van der Waals surface area contributed by atoms with Gasteiger partial charge in [-0.15, -0.1) is 0 Å². The Kier molecular flexibility index (Phi) is 3.68. The van der Waals surface area contributed by atoms with Crippen LogP contribution in [0.15, 0.2) is 30.3 Å². The Bertz CT molecular complexity index is 813. The highest BCUT2D eigenvalue weighted by Crippen LogP contribution is 2.46. The van der Waals surface area contributed by atoms with Gasteiger partial charge in [-0.05, 0) is 44.2 Å². The normalized spacial score (nSPS) is 29.0. The summed E-state index contributed by atoms with van der Waals surface area (Å²) in [5.41, 5.74) is 2.41. The fourth-order valence-electron chi connectivity index (χ4n) is 3.83. The zero-order valence-electron chi connectivity index (χ0n) is 14.4. The van der Waals surface area contributed by atoms with Crippen LogP contribution in [0.25, 0.3) is 11.3 Å². The number of hydrogen-bond acceptors (Lipinski definition) is 3. The van der Waals surface area contributed by atoms with Crippen LogP contribution in [0.5, 0.6) is 0 Å². The Morgan fingerprint density at radius 2 is 2.04 bits per heavy atom. The summed E-state index contributed by atoms with van der Waals surface area (Å²) in [6.07, 6.45) is 1.25. The number of halogens is 1. The van der Waals surface area contributed by atoms with Crippen LogP contribution in [-0.4, -0.2) is 32.4 Å². The lowest BCUT2D eigenvalue weighted by Gasteiger charge is -2.29. The summed E-state index contributed by atoms with van der Waals surface area (Å²) in [6, 6.07) is 8.26. The second kappa shape index (κ2) is 5.66. The van der Waals surface area contributed by atoms with Crippen molar-refractivity contribution < 1.29 is 14.3 Å². The maximum absolute atomic E-state index is 12.7. The molecule has 4 rings (SSSR count). The van der Waals surface area contributed by atoms with E-state index in [1.165, 1.54) is 0 Å². The Morgan fingerprint density at radius 3 is 2.64 bits per heavy atom. The topological polar surface area (TPSA) is 67.2 Å². The molecular weight excluding hydrogens is 321 g/mol. The smallest absolute Gasteiger partial charge is 0.248 e.